The summed E-state index contributed by atoms with van der Waals surface area (Å²) in [6.45, 7) is -0.0866. The lowest BCUT2D eigenvalue weighted by atomic mass is 10.2. The van der Waals surface area contributed by atoms with Gasteiger partial charge < -0.3 is 10.8 Å². The predicted molar refractivity (Wildman–Crippen MR) is 52.1 cm³/mol. The van der Waals surface area contributed by atoms with Gasteiger partial charge in [0.25, 0.3) is 0 Å². The Morgan fingerprint density at radius 3 is 2.92 bits per heavy atom. The molecule has 68 valence electrons. The number of nitrogens with two attached hydrogens (primary N) is 1. The molecule has 0 atom stereocenters. The lowest BCUT2D eigenvalue weighted by molar-refractivity contribution is 0.283. The van der Waals surface area contributed by atoms with E-state index in [0.717, 1.165) is 10.3 Å². The van der Waals surface area contributed by atoms with Crippen molar-refractivity contribution in [2.75, 3.05) is 5.73 Å². The molecule has 0 amide bonds. The Labute approximate surface area is 78.4 Å². The number of aliphatic hydroxyl groups is 1. The maximum absolute atomic E-state index is 13.3. The Bertz CT molecular complexity index is 452. The van der Waals surface area contributed by atoms with Crippen molar-refractivity contribution in [3.63, 3.8) is 0 Å². The first-order valence-corrected chi connectivity index (χ1v) is 4.62. The number of anilines is 1. The molecule has 1 aromatic heterocycles. The monoisotopic (exact) mass is 197 g/mol. The van der Waals surface area contributed by atoms with Crippen LogP contribution >= 0.6 is 11.3 Å². The minimum atomic E-state index is -0.379. The minimum absolute atomic E-state index is 0.0866. The summed E-state index contributed by atoms with van der Waals surface area (Å²) in [5.41, 5.74) is 6.16. The van der Waals surface area contributed by atoms with E-state index in [9.17, 15) is 4.39 Å². The summed E-state index contributed by atoms with van der Waals surface area (Å²) < 4.78 is 14.0. The number of fused-ring (bicyclic) bond motifs is 1. The van der Waals surface area contributed by atoms with Crippen LogP contribution in [0.4, 0.5) is 9.39 Å². The molecule has 4 heteroatoms. The minimum Gasteiger partial charge on any atom is -0.392 e. The molecule has 2 nitrogen and oxygen atoms in total. The van der Waals surface area contributed by atoms with E-state index >= 15 is 0 Å². The summed E-state index contributed by atoms with van der Waals surface area (Å²) in [4.78, 5) is 0. The van der Waals surface area contributed by atoms with E-state index in [1.807, 2.05) is 0 Å². The van der Waals surface area contributed by atoms with Gasteiger partial charge in [0.1, 0.15) is 5.00 Å². The van der Waals surface area contributed by atoms with E-state index < -0.39 is 0 Å². The first kappa shape index (κ1) is 8.47. The molecule has 0 aliphatic carbocycles. The SMILES string of the molecule is Nc1sc2c(CO)cccc2c1F. The number of thiophene rings is 1. The zero-order chi connectivity index (χ0) is 9.42. The summed E-state index contributed by atoms with van der Waals surface area (Å²) in [7, 11) is 0. The molecule has 13 heavy (non-hydrogen) atoms. The second-order valence-electron chi connectivity index (χ2n) is 2.73. The van der Waals surface area contributed by atoms with Crippen LogP contribution in [0.5, 0.6) is 0 Å². The maximum atomic E-state index is 13.3. The largest absolute Gasteiger partial charge is 0.392 e. The van der Waals surface area contributed by atoms with Crippen LogP contribution in [-0.4, -0.2) is 5.11 Å². The van der Waals surface area contributed by atoms with Crippen molar-refractivity contribution < 1.29 is 9.50 Å². The Hall–Kier alpha value is -1.13. The quantitative estimate of drug-likeness (QED) is 0.735. The fraction of sp³-hybridized carbons (Fsp3) is 0.111. The highest BCUT2D eigenvalue weighted by atomic mass is 32.1. The van der Waals surface area contributed by atoms with Crippen molar-refractivity contribution in [2.45, 2.75) is 6.61 Å². The molecule has 0 unspecified atom stereocenters. The second kappa shape index (κ2) is 2.97. The summed E-state index contributed by atoms with van der Waals surface area (Å²) in [5.74, 6) is -0.379. The Balaban J connectivity index is 2.84. The van der Waals surface area contributed by atoms with E-state index in [-0.39, 0.29) is 17.4 Å². The summed E-state index contributed by atoms with van der Waals surface area (Å²) in [6.07, 6.45) is 0. The number of nitrogen functional groups attached to an aromatic ring is 1. The lowest BCUT2D eigenvalue weighted by Gasteiger charge is -1.96. The van der Waals surface area contributed by atoms with Gasteiger partial charge in [-0.3, -0.25) is 0 Å². The molecule has 2 rings (SSSR count). The van der Waals surface area contributed by atoms with E-state index in [2.05, 4.69) is 0 Å². The molecule has 0 saturated heterocycles. The highest BCUT2D eigenvalue weighted by Gasteiger charge is 2.11. The lowest BCUT2D eigenvalue weighted by Crippen LogP contribution is -1.82. The molecule has 1 aromatic carbocycles. The van der Waals surface area contributed by atoms with Gasteiger partial charge in [-0.25, -0.2) is 4.39 Å². The highest BCUT2D eigenvalue weighted by Crippen LogP contribution is 2.34. The molecule has 0 fully saturated rings. The van der Waals surface area contributed by atoms with Crippen molar-refractivity contribution in [2.24, 2.45) is 0 Å². The molecule has 0 saturated carbocycles. The van der Waals surface area contributed by atoms with Gasteiger partial charge in [-0.2, -0.15) is 0 Å². The third-order valence-corrected chi connectivity index (χ3v) is 3.02. The van der Waals surface area contributed by atoms with Crippen LogP contribution in [0.1, 0.15) is 5.56 Å². The van der Waals surface area contributed by atoms with Crippen LogP contribution in [0.3, 0.4) is 0 Å². The van der Waals surface area contributed by atoms with Crippen molar-refractivity contribution in [3.8, 4) is 0 Å². The molecule has 0 aliphatic rings. The fourth-order valence-corrected chi connectivity index (χ4v) is 2.24. The number of halogens is 1. The fourth-order valence-electron chi connectivity index (χ4n) is 1.29. The zero-order valence-corrected chi connectivity index (χ0v) is 7.57. The predicted octanol–water partition coefficient (Wildman–Crippen LogP) is 2.11. The maximum Gasteiger partial charge on any atom is 0.165 e. The molecule has 0 radical (unpaired) electrons. The van der Waals surface area contributed by atoms with E-state index in [1.54, 1.807) is 18.2 Å². The number of hydrogen-bond acceptors (Lipinski definition) is 3. The van der Waals surface area contributed by atoms with Crippen LogP contribution in [0.25, 0.3) is 10.1 Å². The molecule has 0 aliphatic heterocycles. The molecule has 1 heterocycles. The summed E-state index contributed by atoms with van der Waals surface area (Å²) >= 11 is 1.17. The van der Waals surface area contributed by atoms with Gasteiger partial charge >= 0.3 is 0 Å². The third kappa shape index (κ3) is 1.18. The Kier molecular flexibility index (Phi) is 1.94. The van der Waals surface area contributed by atoms with Gasteiger partial charge in [0.2, 0.25) is 0 Å². The number of hydrogen-bond donors (Lipinski definition) is 2. The van der Waals surface area contributed by atoms with Gasteiger partial charge in [-0.05, 0) is 5.56 Å². The molecule has 0 spiro atoms. The van der Waals surface area contributed by atoms with E-state index in [1.165, 1.54) is 11.3 Å². The first-order valence-electron chi connectivity index (χ1n) is 3.80. The summed E-state index contributed by atoms with van der Waals surface area (Å²) in [5, 5.41) is 9.65. The van der Waals surface area contributed by atoms with Crippen molar-refractivity contribution in [1.82, 2.24) is 0 Å². The Morgan fingerprint density at radius 2 is 2.23 bits per heavy atom. The van der Waals surface area contributed by atoms with E-state index in [0.29, 0.717) is 5.39 Å². The molecule has 3 N–H and O–H groups in total. The number of aliphatic hydroxyl groups excluding tert-OH is 1. The normalized spacial score (nSPS) is 10.9. The Morgan fingerprint density at radius 1 is 1.46 bits per heavy atom. The number of rotatable bonds is 1. The second-order valence-corrected chi connectivity index (χ2v) is 3.78. The molecule has 0 bridgehead atoms. The van der Waals surface area contributed by atoms with Crippen LogP contribution in [0, 0.1) is 5.82 Å². The third-order valence-electron chi connectivity index (χ3n) is 1.93. The van der Waals surface area contributed by atoms with Gasteiger partial charge in [-0.1, -0.05) is 18.2 Å². The molecular weight excluding hydrogens is 189 g/mol. The average Bonchev–Trinajstić information content (AvgIpc) is 2.43. The number of benzene rings is 1. The van der Waals surface area contributed by atoms with Gasteiger partial charge in [0, 0.05) is 10.1 Å². The zero-order valence-electron chi connectivity index (χ0n) is 6.75. The van der Waals surface area contributed by atoms with Crippen molar-refractivity contribution in [3.05, 3.63) is 29.6 Å². The van der Waals surface area contributed by atoms with Crippen LogP contribution in [0.15, 0.2) is 18.2 Å². The van der Waals surface area contributed by atoms with Gasteiger partial charge in [0.05, 0.1) is 6.61 Å². The first-order chi connectivity index (χ1) is 6.24. The van der Waals surface area contributed by atoms with Gasteiger partial charge in [-0.15, -0.1) is 11.3 Å². The van der Waals surface area contributed by atoms with Crippen molar-refractivity contribution in [1.29, 1.82) is 0 Å². The average molecular weight is 197 g/mol. The standard InChI is InChI=1S/C9H8FNOS/c10-7-6-3-1-2-5(4-12)8(6)13-9(7)11/h1-3,12H,4,11H2. The van der Waals surface area contributed by atoms with Crippen LogP contribution < -0.4 is 5.73 Å². The molecule has 2 aromatic rings. The highest BCUT2D eigenvalue weighted by molar-refractivity contribution is 7.22. The van der Waals surface area contributed by atoms with Crippen molar-refractivity contribution >= 4 is 26.4 Å². The molecular formula is C9H8FNOS. The van der Waals surface area contributed by atoms with Gasteiger partial charge in [0.15, 0.2) is 5.82 Å². The smallest absolute Gasteiger partial charge is 0.165 e. The summed E-state index contributed by atoms with van der Waals surface area (Å²) in [6, 6.07) is 5.14. The van der Waals surface area contributed by atoms with E-state index in [4.69, 9.17) is 10.8 Å². The topological polar surface area (TPSA) is 46.2 Å². The van der Waals surface area contributed by atoms with Crippen LogP contribution in [-0.2, 0) is 6.61 Å². The van der Waals surface area contributed by atoms with Crippen LogP contribution in [0.2, 0.25) is 0 Å².